The molecule has 0 aliphatic carbocycles. The van der Waals surface area contributed by atoms with Gasteiger partial charge in [0.2, 0.25) is 0 Å². The van der Waals surface area contributed by atoms with Crippen molar-refractivity contribution in [3.8, 4) is 0 Å². The summed E-state index contributed by atoms with van der Waals surface area (Å²) in [5.74, 6) is 0. The Hall–Kier alpha value is -0.160. The highest BCUT2D eigenvalue weighted by Gasteiger charge is 2.39. The molecule has 0 amide bonds. The quantitative estimate of drug-likeness (QED) is 0.647. The Bertz CT molecular complexity index is 151. The van der Waals surface area contributed by atoms with Crippen LogP contribution in [0, 0.1) is 0 Å². The SMILES string of the molecule is CO[C@@H]1[C@H](OC)[C@H](OC)CO[C@H]1C. The highest BCUT2D eigenvalue weighted by molar-refractivity contribution is 4.87. The highest BCUT2D eigenvalue weighted by Crippen LogP contribution is 2.21. The summed E-state index contributed by atoms with van der Waals surface area (Å²) in [5, 5.41) is 0. The van der Waals surface area contributed by atoms with Gasteiger partial charge < -0.3 is 18.9 Å². The average Bonchev–Trinajstić information content (AvgIpc) is 2.17. The maximum atomic E-state index is 5.49. The summed E-state index contributed by atoms with van der Waals surface area (Å²) in [6.07, 6.45) is -0.0741. The Morgan fingerprint density at radius 1 is 1.00 bits per heavy atom. The average molecular weight is 190 g/mol. The van der Waals surface area contributed by atoms with Gasteiger partial charge in [0.15, 0.2) is 0 Å². The second-order valence-electron chi connectivity index (χ2n) is 3.21. The third kappa shape index (κ3) is 2.20. The smallest absolute Gasteiger partial charge is 0.114 e. The lowest BCUT2D eigenvalue weighted by Gasteiger charge is -2.39. The Labute approximate surface area is 79.1 Å². The predicted molar refractivity (Wildman–Crippen MR) is 47.8 cm³/mol. The molecule has 78 valence electrons. The van der Waals surface area contributed by atoms with Crippen LogP contribution in [0.1, 0.15) is 6.92 Å². The molecule has 0 aromatic rings. The maximum Gasteiger partial charge on any atom is 0.114 e. The van der Waals surface area contributed by atoms with E-state index in [-0.39, 0.29) is 24.4 Å². The van der Waals surface area contributed by atoms with E-state index in [1.165, 1.54) is 0 Å². The van der Waals surface area contributed by atoms with E-state index in [2.05, 4.69) is 0 Å². The van der Waals surface area contributed by atoms with Crippen molar-refractivity contribution in [2.75, 3.05) is 27.9 Å². The fraction of sp³-hybridized carbons (Fsp3) is 1.00. The van der Waals surface area contributed by atoms with Crippen LogP contribution in [0.15, 0.2) is 0 Å². The van der Waals surface area contributed by atoms with Crippen LogP contribution in [0.25, 0.3) is 0 Å². The standard InChI is InChI=1S/C9H18O4/c1-6-8(11-3)9(12-4)7(10-2)5-13-6/h6-9H,5H2,1-4H3/t6-,7+,8-,9+/m0/s1. The van der Waals surface area contributed by atoms with Crippen LogP contribution in [0.3, 0.4) is 0 Å². The van der Waals surface area contributed by atoms with E-state index in [9.17, 15) is 0 Å². The van der Waals surface area contributed by atoms with E-state index in [0.717, 1.165) is 0 Å². The van der Waals surface area contributed by atoms with Crippen molar-refractivity contribution in [3.05, 3.63) is 0 Å². The molecule has 1 aliphatic heterocycles. The number of hydrogen-bond donors (Lipinski definition) is 0. The van der Waals surface area contributed by atoms with Crippen molar-refractivity contribution in [3.63, 3.8) is 0 Å². The van der Waals surface area contributed by atoms with Gasteiger partial charge in [-0.3, -0.25) is 0 Å². The summed E-state index contributed by atoms with van der Waals surface area (Å²) >= 11 is 0. The molecule has 1 saturated heterocycles. The van der Waals surface area contributed by atoms with Gasteiger partial charge >= 0.3 is 0 Å². The summed E-state index contributed by atoms with van der Waals surface area (Å²) in [6, 6.07) is 0. The lowest BCUT2D eigenvalue weighted by atomic mass is 10.0. The van der Waals surface area contributed by atoms with Gasteiger partial charge in [-0.05, 0) is 6.92 Å². The first-order valence-electron chi connectivity index (χ1n) is 4.44. The Morgan fingerprint density at radius 3 is 2.08 bits per heavy atom. The first-order valence-corrected chi connectivity index (χ1v) is 4.44. The first-order chi connectivity index (χ1) is 6.24. The van der Waals surface area contributed by atoms with Crippen molar-refractivity contribution in [1.29, 1.82) is 0 Å². The van der Waals surface area contributed by atoms with E-state index >= 15 is 0 Å². The molecule has 0 radical (unpaired) electrons. The van der Waals surface area contributed by atoms with Gasteiger partial charge in [0.1, 0.15) is 18.3 Å². The molecule has 0 spiro atoms. The minimum absolute atomic E-state index is 0.0360. The Kier molecular flexibility index (Phi) is 4.12. The summed E-state index contributed by atoms with van der Waals surface area (Å²) in [7, 11) is 4.98. The van der Waals surface area contributed by atoms with Gasteiger partial charge in [0, 0.05) is 21.3 Å². The molecular formula is C9H18O4. The van der Waals surface area contributed by atoms with Gasteiger partial charge in [0.05, 0.1) is 12.7 Å². The number of methoxy groups -OCH3 is 3. The van der Waals surface area contributed by atoms with E-state index in [4.69, 9.17) is 18.9 Å². The lowest BCUT2D eigenvalue weighted by molar-refractivity contribution is -0.206. The zero-order chi connectivity index (χ0) is 9.84. The van der Waals surface area contributed by atoms with Crippen LogP contribution in [0.4, 0.5) is 0 Å². The third-order valence-corrected chi connectivity index (χ3v) is 2.52. The van der Waals surface area contributed by atoms with Crippen LogP contribution in [-0.4, -0.2) is 52.4 Å². The maximum absolute atomic E-state index is 5.49. The van der Waals surface area contributed by atoms with Crippen molar-refractivity contribution in [2.45, 2.75) is 31.3 Å². The van der Waals surface area contributed by atoms with Gasteiger partial charge in [-0.2, -0.15) is 0 Å². The molecule has 13 heavy (non-hydrogen) atoms. The lowest BCUT2D eigenvalue weighted by Crippen LogP contribution is -2.54. The summed E-state index contributed by atoms with van der Waals surface area (Å²) < 4.78 is 21.4. The van der Waals surface area contributed by atoms with Crippen LogP contribution in [0.2, 0.25) is 0 Å². The predicted octanol–water partition coefficient (Wildman–Crippen LogP) is 0.450. The molecule has 4 nitrogen and oxygen atoms in total. The van der Waals surface area contributed by atoms with Crippen LogP contribution in [-0.2, 0) is 18.9 Å². The molecule has 0 N–H and O–H groups in total. The molecule has 1 fully saturated rings. The highest BCUT2D eigenvalue weighted by atomic mass is 16.6. The van der Waals surface area contributed by atoms with Crippen molar-refractivity contribution in [2.24, 2.45) is 0 Å². The molecule has 1 rings (SSSR count). The Balaban J connectivity index is 2.64. The second-order valence-corrected chi connectivity index (χ2v) is 3.21. The number of hydrogen-bond acceptors (Lipinski definition) is 4. The molecule has 0 aromatic heterocycles. The van der Waals surface area contributed by atoms with Crippen LogP contribution >= 0.6 is 0 Å². The Morgan fingerprint density at radius 2 is 1.62 bits per heavy atom. The van der Waals surface area contributed by atoms with Crippen LogP contribution in [0.5, 0.6) is 0 Å². The molecule has 0 saturated carbocycles. The molecule has 0 bridgehead atoms. The van der Waals surface area contributed by atoms with Crippen molar-refractivity contribution < 1.29 is 18.9 Å². The number of rotatable bonds is 3. The van der Waals surface area contributed by atoms with Gasteiger partial charge in [-0.25, -0.2) is 0 Å². The van der Waals surface area contributed by atoms with Crippen LogP contribution < -0.4 is 0 Å². The third-order valence-electron chi connectivity index (χ3n) is 2.52. The molecule has 0 aromatic carbocycles. The fourth-order valence-corrected chi connectivity index (χ4v) is 1.73. The molecular weight excluding hydrogens is 172 g/mol. The molecule has 4 atom stereocenters. The van der Waals surface area contributed by atoms with E-state index in [1.807, 2.05) is 6.92 Å². The van der Waals surface area contributed by atoms with Gasteiger partial charge in [-0.15, -0.1) is 0 Å². The summed E-state index contributed by atoms with van der Waals surface area (Å²) in [6.45, 7) is 2.54. The first kappa shape index (κ1) is 10.9. The second kappa shape index (κ2) is 4.91. The topological polar surface area (TPSA) is 36.9 Å². The van der Waals surface area contributed by atoms with Crippen molar-refractivity contribution >= 4 is 0 Å². The normalized spacial score (nSPS) is 40.6. The summed E-state index contributed by atoms with van der Waals surface area (Å²) in [4.78, 5) is 0. The van der Waals surface area contributed by atoms with Gasteiger partial charge in [-0.1, -0.05) is 0 Å². The molecule has 4 heteroatoms. The summed E-state index contributed by atoms with van der Waals surface area (Å²) in [5.41, 5.74) is 0. The minimum Gasteiger partial charge on any atom is -0.376 e. The monoisotopic (exact) mass is 190 g/mol. The van der Waals surface area contributed by atoms with Crippen molar-refractivity contribution in [1.82, 2.24) is 0 Å². The fourth-order valence-electron chi connectivity index (χ4n) is 1.73. The molecule has 0 unspecified atom stereocenters. The zero-order valence-electron chi connectivity index (χ0n) is 8.65. The van der Waals surface area contributed by atoms with E-state index < -0.39 is 0 Å². The van der Waals surface area contributed by atoms with Gasteiger partial charge in [0.25, 0.3) is 0 Å². The zero-order valence-corrected chi connectivity index (χ0v) is 8.65. The minimum atomic E-state index is -0.0521. The molecule has 1 aliphatic rings. The largest absolute Gasteiger partial charge is 0.376 e. The number of ether oxygens (including phenoxy) is 4. The van der Waals surface area contributed by atoms with E-state index in [0.29, 0.717) is 6.61 Å². The molecule has 1 heterocycles. The van der Waals surface area contributed by atoms with E-state index in [1.54, 1.807) is 21.3 Å².